The van der Waals surface area contributed by atoms with Gasteiger partial charge in [-0.3, -0.25) is 0 Å². The van der Waals surface area contributed by atoms with Gasteiger partial charge in [0, 0.05) is 30.5 Å². The highest BCUT2D eigenvalue weighted by atomic mass is 19.3. The minimum Gasteiger partial charge on any atom is -0.444 e. The smallest absolute Gasteiger partial charge is 0.408 e. The van der Waals surface area contributed by atoms with Gasteiger partial charge in [-0.15, -0.1) is 0 Å². The number of rotatable bonds is 3. The van der Waals surface area contributed by atoms with E-state index in [9.17, 15) is 13.6 Å². The van der Waals surface area contributed by atoms with Crippen molar-refractivity contribution in [1.82, 2.24) is 10.6 Å². The molecule has 2 aliphatic rings. The van der Waals surface area contributed by atoms with Crippen LogP contribution in [0.2, 0.25) is 0 Å². The number of nitrogens with one attached hydrogen (secondary N) is 2. The first-order chi connectivity index (χ1) is 8.73. The molecule has 1 aliphatic carbocycles. The molecule has 2 fully saturated rings. The Kier molecular flexibility index (Phi) is 3.73. The number of hydrogen-bond acceptors (Lipinski definition) is 3. The number of ether oxygens (including phenoxy) is 1. The molecule has 2 unspecified atom stereocenters. The predicted octanol–water partition coefficient (Wildman–Crippen LogP) is 2.14. The molecule has 2 atom stereocenters. The highest BCUT2D eigenvalue weighted by Crippen LogP contribution is 2.48. The lowest BCUT2D eigenvalue weighted by molar-refractivity contribution is 0.0334. The Morgan fingerprint density at radius 1 is 1.37 bits per heavy atom. The summed E-state index contributed by atoms with van der Waals surface area (Å²) in [4.78, 5) is 11.8. The molecule has 19 heavy (non-hydrogen) atoms. The van der Waals surface area contributed by atoms with E-state index in [2.05, 4.69) is 10.6 Å². The van der Waals surface area contributed by atoms with E-state index in [0.29, 0.717) is 13.1 Å². The summed E-state index contributed by atoms with van der Waals surface area (Å²) >= 11 is 0. The molecule has 110 valence electrons. The average Bonchev–Trinajstić information content (AvgIpc) is 2.84. The molecule has 6 heteroatoms. The van der Waals surface area contributed by atoms with Crippen LogP contribution in [0, 0.1) is 11.8 Å². The summed E-state index contributed by atoms with van der Waals surface area (Å²) in [6.45, 7) is 6.20. The van der Waals surface area contributed by atoms with E-state index in [-0.39, 0.29) is 5.92 Å². The fraction of sp³-hybridized carbons (Fsp3) is 0.923. The zero-order valence-corrected chi connectivity index (χ0v) is 11.6. The van der Waals surface area contributed by atoms with Crippen LogP contribution in [0.4, 0.5) is 13.6 Å². The van der Waals surface area contributed by atoms with E-state index in [4.69, 9.17) is 4.74 Å². The molecule has 1 aliphatic heterocycles. The van der Waals surface area contributed by atoms with Gasteiger partial charge < -0.3 is 15.4 Å². The van der Waals surface area contributed by atoms with Gasteiger partial charge >= 0.3 is 6.09 Å². The molecule has 2 rings (SSSR count). The van der Waals surface area contributed by atoms with Gasteiger partial charge in [0.2, 0.25) is 6.43 Å². The van der Waals surface area contributed by atoms with Crippen molar-refractivity contribution in [3.8, 4) is 0 Å². The van der Waals surface area contributed by atoms with Crippen molar-refractivity contribution in [2.24, 2.45) is 11.8 Å². The van der Waals surface area contributed by atoms with Crippen LogP contribution < -0.4 is 10.6 Å². The van der Waals surface area contributed by atoms with Crippen LogP contribution in [0.5, 0.6) is 0 Å². The van der Waals surface area contributed by atoms with Crippen LogP contribution in [0.15, 0.2) is 0 Å². The van der Waals surface area contributed by atoms with E-state index >= 15 is 0 Å². The third-order valence-corrected chi connectivity index (χ3v) is 3.83. The standard InChI is InChI=1S/C13H22F2N2O2/c1-12(2,3)19-11(18)17-13(4-5-13)9-7-16-6-8(9)10(14)15/h8-10,16H,4-7H2,1-3H3,(H,17,18). The van der Waals surface area contributed by atoms with E-state index in [0.717, 1.165) is 12.8 Å². The molecular weight excluding hydrogens is 254 g/mol. The fourth-order valence-corrected chi connectivity index (χ4v) is 2.80. The molecule has 1 saturated heterocycles. The van der Waals surface area contributed by atoms with Crippen molar-refractivity contribution < 1.29 is 18.3 Å². The maximum Gasteiger partial charge on any atom is 0.408 e. The van der Waals surface area contributed by atoms with Crippen molar-refractivity contribution in [3.63, 3.8) is 0 Å². The minimum atomic E-state index is -2.35. The molecule has 2 N–H and O–H groups in total. The molecular formula is C13H22F2N2O2. The molecule has 1 heterocycles. The number of alkyl halides is 2. The molecule has 0 aromatic heterocycles. The summed E-state index contributed by atoms with van der Waals surface area (Å²) in [6, 6.07) is 0. The topological polar surface area (TPSA) is 50.4 Å². The third-order valence-electron chi connectivity index (χ3n) is 3.83. The SMILES string of the molecule is CC(C)(C)OC(=O)NC1(C2CNCC2C(F)F)CC1. The third kappa shape index (κ3) is 3.35. The van der Waals surface area contributed by atoms with Gasteiger partial charge in [0.15, 0.2) is 0 Å². The second-order valence-corrected chi connectivity index (χ2v) is 6.55. The Labute approximate surface area is 112 Å². The van der Waals surface area contributed by atoms with Gasteiger partial charge in [-0.05, 0) is 33.6 Å². The summed E-state index contributed by atoms with van der Waals surface area (Å²) in [5.74, 6) is -0.891. The van der Waals surface area contributed by atoms with E-state index in [1.165, 1.54) is 0 Å². The molecule has 0 aromatic rings. The Hall–Kier alpha value is -0.910. The van der Waals surface area contributed by atoms with E-state index in [1.807, 2.05) is 0 Å². The summed E-state index contributed by atoms with van der Waals surface area (Å²) in [5.41, 5.74) is -1.07. The molecule has 4 nitrogen and oxygen atoms in total. The van der Waals surface area contributed by atoms with E-state index < -0.39 is 29.6 Å². The monoisotopic (exact) mass is 276 g/mol. The first-order valence-corrected chi connectivity index (χ1v) is 6.73. The van der Waals surface area contributed by atoms with Crippen molar-refractivity contribution in [2.45, 2.75) is 51.2 Å². The van der Waals surface area contributed by atoms with E-state index in [1.54, 1.807) is 20.8 Å². The van der Waals surface area contributed by atoms with Crippen molar-refractivity contribution >= 4 is 6.09 Å². The van der Waals surface area contributed by atoms with Crippen LogP contribution in [0.1, 0.15) is 33.6 Å². The number of hydrogen-bond donors (Lipinski definition) is 2. The molecule has 0 spiro atoms. The van der Waals surface area contributed by atoms with Crippen LogP contribution in [0.3, 0.4) is 0 Å². The van der Waals surface area contributed by atoms with Crippen LogP contribution in [-0.2, 0) is 4.74 Å². The van der Waals surface area contributed by atoms with Gasteiger partial charge in [0.25, 0.3) is 0 Å². The molecule has 1 saturated carbocycles. The van der Waals surface area contributed by atoms with Gasteiger partial charge in [-0.2, -0.15) is 0 Å². The lowest BCUT2D eigenvalue weighted by Crippen LogP contribution is -2.48. The van der Waals surface area contributed by atoms with Crippen LogP contribution >= 0.6 is 0 Å². The van der Waals surface area contributed by atoms with Crippen LogP contribution in [0.25, 0.3) is 0 Å². The predicted molar refractivity (Wildman–Crippen MR) is 67.2 cm³/mol. The summed E-state index contributed by atoms with van der Waals surface area (Å²) < 4.78 is 31.2. The molecule has 1 amide bonds. The molecule has 0 bridgehead atoms. The highest BCUT2D eigenvalue weighted by molar-refractivity contribution is 5.69. The zero-order valence-electron chi connectivity index (χ0n) is 11.6. The Morgan fingerprint density at radius 3 is 2.47 bits per heavy atom. The Balaban J connectivity index is 1.97. The second kappa shape index (κ2) is 4.89. The normalized spacial score (nSPS) is 29.4. The number of amides is 1. The highest BCUT2D eigenvalue weighted by Gasteiger charge is 2.56. The van der Waals surface area contributed by atoms with Gasteiger partial charge in [0.1, 0.15) is 5.60 Å². The Morgan fingerprint density at radius 2 is 2.00 bits per heavy atom. The largest absolute Gasteiger partial charge is 0.444 e. The quantitative estimate of drug-likeness (QED) is 0.830. The molecule has 0 radical (unpaired) electrons. The number of carbonyl (C=O) groups excluding carboxylic acids is 1. The lowest BCUT2D eigenvalue weighted by Gasteiger charge is -2.29. The zero-order chi connectivity index (χ0) is 14.3. The van der Waals surface area contributed by atoms with Crippen LogP contribution in [-0.4, -0.2) is 36.7 Å². The summed E-state index contributed by atoms with van der Waals surface area (Å²) in [6.07, 6.45) is -1.35. The number of halogens is 2. The maximum atomic E-state index is 13.0. The average molecular weight is 276 g/mol. The minimum absolute atomic E-state index is 0.208. The van der Waals surface area contributed by atoms with Gasteiger partial charge in [-0.1, -0.05) is 0 Å². The number of alkyl carbamates (subject to hydrolysis) is 1. The van der Waals surface area contributed by atoms with Gasteiger partial charge in [0.05, 0.1) is 0 Å². The van der Waals surface area contributed by atoms with Gasteiger partial charge in [-0.25, -0.2) is 13.6 Å². The van der Waals surface area contributed by atoms with Crippen molar-refractivity contribution in [1.29, 1.82) is 0 Å². The first-order valence-electron chi connectivity index (χ1n) is 6.73. The second-order valence-electron chi connectivity index (χ2n) is 6.55. The molecule has 0 aromatic carbocycles. The van der Waals surface area contributed by atoms with Crippen molar-refractivity contribution in [3.05, 3.63) is 0 Å². The maximum absolute atomic E-state index is 13.0. The summed E-state index contributed by atoms with van der Waals surface area (Å²) in [5, 5.41) is 5.82. The first kappa shape index (κ1) is 14.5. The lowest BCUT2D eigenvalue weighted by atomic mass is 9.87. The number of carbonyl (C=O) groups is 1. The fourth-order valence-electron chi connectivity index (χ4n) is 2.80. The van der Waals surface area contributed by atoms with Crippen molar-refractivity contribution in [2.75, 3.05) is 13.1 Å². The Bertz CT molecular complexity index is 351. The summed E-state index contributed by atoms with van der Waals surface area (Å²) in [7, 11) is 0.